The third kappa shape index (κ3) is 1.86. The zero-order valence-corrected chi connectivity index (χ0v) is 6.86. The molecule has 1 aliphatic rings. The van der Waals surface area contributed by atoms with Crippen LogP contribution in [-0.4, -0.2) is 23.6 Å². The summed E-state index contributed by atoms with van der Waals surface area (Å²) in [5, 5.41) is 0. The van der Waals surface area contributed by atoms with Gasteiger partial charge in [-0.2, -0.15) is 11.8 Å². The van der Waals surface area contributed by atoms with Crippen molar-refractivity contribution in [2.75, 3.05) is 11.5 Å². The van der Waals surface area contributed by atoms with E-state index >= 15 is 0 Å². The molecule has 2 nitrogen and oxygen atoms in total. The van der Waals surface area contributed by atoms with E-state index in [-0.39, 0.29) is 6.04 Å². The van der Waals surface area contributed by atoms with Crippen LogP contribution in [0.5, 0.6) is 0 Å². The maximum Gasteiger partial charge on any atom is 0.235 e. The van der Waals surface area contributed by atoms with E-state index in [0.29, 0.717) is 5.92 Å². The monoisotopic (exact) mass is 157 g/mol. The number of thioether (sulfide) groups is 1. The fraction of sp³-hybridized carbons (Fsp3) is 0.857. The van der Waals surface area contributed by atoms with Gasteiger partial charge in [0.2, 0.25) is 6.08 Å². The Morgan fingerprint density at radius 3 is 3.10 bits per heavy atom. The van der Waals surface area contributed by atoms with Crippen molar-refractivity contribution in [3.8, 4) is 0 Å². The van der Waals surface area contributed by atoms with Crippen molar-refractivity contribution in [2.45, 2.75) is 19.4 Å². The molecule has 2 unspecified atom stereocenters. The molecular weight excluding hydrogens is 146 g/mol. The summed E-state index contributed by atoms with van der Waals surface area (Å²) in [6.07, 6.45) is 2.82. The van der Waals surface area contributed by atoms with Gasteiger partial charge < -0.3 is 0 Å². The van der Waals surface area contributed by atoms with Crippen molar-refractivity contribution < 1.29 is 4.79 Å². The van der Waals surface area contributed by atoms with Gasteiger partial charge in [0.1, 0.15) is 0 Å². The predicted molar refractivity (Wildman–Crippen MR) is 43.0 cm³/mol. The number of hydrogen-bond donors (Lipinski definition) is 0. The van der Waals surface area contributed by atoms with Crippen molar-refractivity contribution in [3.05, 3.63) is 0 Å². The highest BCUT2D eigenvalue weighted by Crippen LogP contribution is 2.27. The number of rotatable bonds is 2. The first kappa shape index (κ1) is 7.83. The molecule has 0 N–H and O–H groups in total. The van der Waals surface area contributed by atoms with Crippen LogP contribution in [0.4, 0.5) is 0 Å². The summed E-state index contributed by atoms with van der Waals surface area (Å²) in [4.78, 5) is 13.6. The minimum absolute atomic E-state index is 0.187. The molecule has 1 saturated heterocycles. The van der Waals surface area contributed by atoms with Crippen molar-refractivity contribution >= 4 is 17.8 Å². The molecule has 3 heteroatoms. The second kappa shape index (κ2) is 3.79. The van der Waals surface area contributed by atoms with Gasteiger partial charge in [0, 0.05) is 0 Å². The van der Waals surface area contributed by atoms with E-state index < -0.39 is 0 Å². The Labute approximate surface area is 65.1 Å². The Kier molecular flexibility index (Phi) is 2.97. The molecule has 0 saturated carbocycles. The van der Waals surface area contributed by atoms with Crippen molar-refractivity contribution in [1.29, 1.82) is 0 Å². The summed E-state index contributed by atoms with van der Waals surface area (Å²) in [6.45, 7) is 1.99. The lowest BCUT2D eigenvalue weighted by atomic mass is 10.0. The second-order valence-corrected chi connectivity index (χ2v) is 3.73. The average molecular weight is 157 g/mol. The molecule has 0 aromatic carbocycles. The maximum absolute atomic E-state index is 9.87. The van der Waals surface area contributed by atoms with Gasteiger partial charge in [0.05, 0.1) is 6.04 Å². The molecule has 1 fully saturated rings. The highest BCUT2D eigenvalue weighted by Gasteiger charge is 2.20. The van der Waals surface area contributed by atoms with E-state index in [4.69, 9.17) is 0 Å². The zero-order chi connectivity index (χ0) is 7.40. The van der Waals surface area contributed by atoms with Gasteiger partial charge in [-0.3, -0.25) is 0 Å². The quantitative estimate of drug-likeness (QED) is 0.448. The Bertz CT molecular complexity index is 148. The van der Waals surface area contributed by atoms with Gasteiger partial charge in [-0.1, -0.05) is 0 Å². The van der Waals surface area contributed by atoms with Crippen LogP contribution >= 0.6 is 11.8 Å². The van der Waals surface area contributed by atoms with E-state index in [1.807, 2.05) is 18.7 Å². The lowest BCUT2D eigenvalue weighted by Crippen LogP contribution is -2.13. The molecular formula is C7H11NOS. The summed E-state index contributed by atoms with van der Waals surface area (Å²) in [7, 11) is 0. The molecule has 0 bridgehead atoms. The van der Waals surface area contributed by atoms with E-state index in [1.54, 1.807) is 6.08 Å². The molecule has 0 amide bonds. The van der Waals surface area contributed by atoms with Gasteiger partial charge in [-0.15, -0.1) is 0 Å². The Morgan fingerprint density at radius 2 is 2.60 bits per heavy atom. The van der Waals surface area contributed by atoms with Crippen LogP contribution < -0.4 is 0 Å². The molecule has 2 atom stereocenters. The SMILES string of the molecule is CC(N=C=O)C1CCSC1. The van der Waals surface area contributed by atoms with Crippen LogP contribution in [0.25, 0.3) is 0 Å². The smallest absolute Gasteiger partial charge is 0.211 e. The first-order chi connectivity index (χ1) is 4.84. The molecule has 0 aromatic heterocycles. The number of hydrogen-bond acceptors (Lipinski definition) is 3. The molecule has 1 heterocycles. The average Bonchev–Trinajstić information content (AvgIpc) is 2.38. The number of aliphatic imine (C=N–C) groups is 1. The minimum atomic E-state index is 0.187. The Morgan fingerprint density at radius 1 is 1.80 bits per heavy atom. The van der Waals surface area contributed by atoms with Crippen LogP contribution in [0.15, 0.2) is 4.99 Å². The van der Waals surface area contributed by atoms with Gasteiger partial charge >= 0.3 is 0 Å². The first-order valence-corrected chi connectivity index (χ1v) is 4.65. The molecule has 0 spiro atoms. The highest BCUT2D eigenvalue weighted by molar-refractivity contribution is 7.99. The summed E-state index contributed by atoms with van der Waals surface area (Å²) in [5.41, 5.74) is 0. The molecule has 1 aliphatic heterocycles. The zero-order valence-electron chi connectivity index (χ0n) is 6.04. The van der Waals surface area contributed by atoms with Gasteiger partial charge in [-0.25, -0.2) is 9.79 Å². The number of carbonyl (C=O) groups excluding carboxylic acids is 1. The molecule has 1 rings (SSSR count). The van der Waals surface area contributed by atoms with Crippen LogP contribution in [0, 0.1) is 5.92 Å². The molecule has 10 heavy (non-hydrogen) atoms. The summed E-state index contributed by atoms with van der Waals surface area (Å²) < 4.78 is 0. The third-order valence-corrected chi connectivity index (χ3v) is 3.09. The van der Waals surface area contributed by atoms with Crippen LogP contribution in [0.2, 0.25) is 0 Å². The first-order valence-electron chi connectivity index (χ1n) is 3.49. The second-order valence-electron chi connectivity index (χ2n) is 2.58. The van der Waals surface area contributed by atoms with Gasteiger partial charge in [-0.05, 0) is 30.8 Å². The fourth-order valence-electron chi connectivity index (χ4n) is 1.12. The molecule has 0 radical (unpaired) electrons. The summed E-state index contributed by atoms with van der Waals surface area (Å²) in [6, 6.07) is 0.187. The van der Waals surface area contributed by atoms with E-state index in [0.717, 1.165) is 5.75 Å². The minimum Gasteiger partial charge on any atom is -0.211 e. The predicted octanol–water partition coefficient (Wildman–Crippen LogP) is 1.46. The summed E-state index contributed by atoms with van der Waals surface area (Å²) in [5.74, 6) is 3.00. The topological polar surface area (TPSA) is 29.4 Å². The van der Waals surface area contributed by atoms with Crippen molar-refractivity contribution in [2.24, 2.45) is 10.9 Å². The fourth-order valence-corrected chi connectivity index (χ4v) is 2.51. The third-order valence-electron chi connectivity index (χ3n) is 1.90. The van der Waals surface area contributed by atoms with Crippen LogP contribution in [-0.2, 0) is 4.79 Å². The van der Waals surface area contributed by atoms with Gasteiger partial charge in [0.25, 0.3) is 0 Å². The largest absolute Gasteiger partial charge is 0.235 e. The highest BCUT2D eigenvalue weighted by atomic mass is 32.2. The van der Waals surface area contributed by atoms with Crippen LogP contribution in [0.3, 0.4) is 0 Å². The lowest BCUT2D eigenvalue weighted by molar-refractivity contribution is 0.488. The molecule has 0 aliphatic carbocycles. The van der Waals surface area contributed by atoms with Crippen molar-refractivity contribution in [3.63, 3.8) is 0 Å². The lowest BCUT2D eigenvalue weighted by Gasteiger charge is -2.09. The number of nitrogens with zero attached hydrogens (tertiary/aromatic N) is 1. The van der Waals surface area contributed by atoms with E-state index in [1.165, 1.54) is 12.2 Å². The maximum atomic E-state index is 9.87. The van der Waals surface area contributed by atoms with E-state index in [2.05, 4.69) is 4.99 Å². The van der Waals surface area contributed by atoms with E-state index in [9.17, 15) is 4.79 Å². The summed E-state index contributed by atoms with van der Waals surface area (Å²) >= 11 is 1.95. The van der Waals surface area contributed by atoms with Crippen LogP contribution in [0.1, 0.15) is 13.3 Å². The molecule has 0 aromatic rings. The Balaban J connectivity index is 2.39. The number of isocyanates is 1. The van der Waals surface area contributed by atoms with Gasteiger partial charge in [0.15, 0.2) is 0 Å². The Hall–Kier alpha value is -0.270. The standard InChI is InChI=1S/C7H11NOS/c1-6(8-5-9)7-2-3-10-4-7/h6-7H,2-4H2,1H3. The van der Waals surface area contributed by atoms with Crippen molar-refractivity contribution in [1.82, 2.24) is 0 Å². The normalized spacial score (nSPS) is 27.5. The molecule has 56 valence electrons.